The molecule has 0 aromatic heterocycles. The van der Waals surface area contributed by atoms with E-state index in [0.717, 1.165) is 25.7 Å². The zero-order valence-corrected chi connectivity index (χ0v) is 10.7. The molecule has 0 saturated heterocycles. The van der Waals surface area contributed by atoms with Crippen molar-refractivity contribution in [3.05, 3.63) is 35.4 Å². The Balaban J connectivity index is 2.23. The Hall–Kier alpha value is -2.33. The van der Waals surface area contributed by atoms with Gasteiger partial charge in [0.15, 0.2) is 0 Å². The summed E-state index contributed by atoms with van der Waals surface area (Å²) < 4.78 is 0. The van der Waals surface area contributed by atoms with Gasteiger partial charge < -0.3 is 4.90 Å². The lowest BCUT2D eigenvalue weighted by atomic mass is 10.1. The molecular weight excluding hydrogens is 238 g/mol. The quantitative estimate of drug-likeness (QED) is 0.777. The van der Waals surface area contributed by atoms with Crippen LogP contribution in [0.15, 0.2) is 24.3 Å². The lowest BCUT2D eigenvalue weighted by Gasteiger charge is -2.26. The third-order valence-electron chi connectivity index (χ3n) is 3.51. The molecule has 0 atom stereocenters. The summed E-state index contributed by atoms with van der Waals surface area (Å²) in [6, 6.07) is 10.9. The van der Waals surface area contributed by atoms with Crippen LogP contribution in [0.2, 0.25) is 0 Å². The van der Waals surface area contributed by atoms with Gasteiger partial charge in [0, 0.05) is 11.6 Å². The monoisotopic (exact) mass is 253 g/mol. The summed E-state index contributed by atoms with van der Waals surface area (Å²) in [5, 5.41) is 17.8. The second-order valence-corrected chi connectivity index (χ2v) is 4.72. The van der Waals surface area contributed by atoms with Gasteiger partial charge in [-0.25, -0.2) is 0 Å². The van der Waals surface area contributed by atoms with Gasteiger partial charge >= 0.3 is 0 Å². The number of hydrogen-bond donors (Lipinski definition) is 0. The Labute approximate surface area is 112 Å². The first-order valence-electron chi connectivity index (χ1n) is 6.44. The van der Waals surface area contributed by atoms with E-state index in [2.05, 4.69) is 6.07 Å². The van der Waals surface area contributed by atoms with E-state index < -0.39 is 0 Å². The number of hydrogen-bond acceptors (Lipinski definition) is 3. The van der Waals surface area contributed by atoms with Crippen LogP contribution >= 0.6 is 0 Å². The standard InChI is InChI=1S/C15H15N3O/c16-8-9-18(14-6-1-2-7-14)15(19)13-5-3-4-12(10-13)11-17/h3-5,10,14H,1-2,6-7,9H2. The Morgan fingerprint density at radius 3 is 2.68 bits per heavy atom. The van der Waals surface area contributed by atoms with Gasteiger partial charge in [-0.2, -0.15) is 10.5 Å². The summed E-state index contributed by atoms with van der Waals surface area (Å²) in [7, 11) is 0. The summed E-state index contributed by atoms with van der Waals surface area (Å²) in [4.78, 5) is 14.1. The number of carbonyl (C=O) groups excluding carboxylic acids is 1. The molecular formula is C15H15N3O. The van der Waals surface area contributed by atoms with E-state index in [9.17, 15) is 4.79 Å². The fourth-order valence-electron chi connectivity index (χ4n) is 2.55. The Kier molecular flexibility index (Phi) is 4.15. The van der Waals surface area contributed by atoms with E-state index >= 15 is 0 Å². The highest BCUT2D eigenvalue weighted by Gasteiger charge is 2.27. The molecule has 0 unspecified atom stereocenters. The molecule has 4 nitrogen and oxygen atoms in total. The molecule has 1 amide bonds. The van der Waals surface area contributed by atoms with Crippen LogP contribution in [-0.4, -0.2) is 23.4 Å². The highest BCUT2D eigenvalue weighted by molar-refractivity contribution is 5.95. The highest BCUT2D eigenvalue weighted by Crippen LogP contribution is 2.24. The average Bonchev–Trinajstić information content (AvgIpc) is 2.98. The van der Waals surface area contributed by atoms with Crippen molar-refractivity contribution in [2.24, 2.45) is 0 Å². The summed E-state index contributed by atoms with van der Waals surface area (Å²) in [5.74, 6) is -0.148. The van der Waals surface area contributed by atoms with Gasteiger partial charge in [-0.1, -0.05) is 18.9 Å². The zero-order chi connectivity index (χ0) is 13.7. The lowest BCUT2D eigenvalue weighted by Crippen LogP contribution is -2.39. The molecule has 1 aliphatic carbocycles. The van der Waals surface area contributed by atoms with Gasteiger partial charge in [0.1, 0.15) is 6.54 Å². The highest BCUT2D eigenvalue weighted by atomic mass is 16.2. The number of nitriles is 2. The molecule has 4 heteroatoms. The number of nitrogens with zero attached hydrogens (tertiary/aromatic N) is 3. The van der Waals surface area contributed by atoms with Crippen molar-refractivity contribution >= 4 is 5.91 Å². The van der Waals surface area contributed by atoms with Gasteiger partial charge in [-0.15, -0.1) is 0 Å². The van der Waals surface area contributed by atoms with Crippen LogP contribution < -0.4 is 0 Å². The predicted octanol–water partition coefficient (Wildman–Crippen LogP) is 2.47. The van der Waals surface area contributed by atoms with Crippen molar-refractivity contribution in [1.29, 1.82) is 10.5 Å². The maximum atomic E-state index is 12.5. The van der Waals surface area contributed by atoms with E-state index in [4.69, 9.17) is 10.5 Å². The van der Waals surface area contributed by atoms with Gasteiger partial charge in [-0.05, 0) is 31.0 Å². The van der Waals surface area contributed by atoms with Crippen LogP contribution in [0.5, 0.6) is 0 Å². The molecule has 0 N–H and O–H groups in total. The van der Waals surface area contributed by atoms with Crippen molar-refractivity contribution < 1.29 is 4.79 Å². The van der Waals surface area contributed by atoms with Crippen molar-refractivity contribution in [1.82, 2.24) is 4.90 Å². The zero-order valence-electron chi connectivity index (χ0n) is 10.7. The minimum absolute atomic E-state index is 0.111. The SMILES string of the molecule is N#CCN(C(=O)c1cccc(C#N)c1)C1CCCC1. The summed E-state index contributed by atoms with van der Waals surface area (Å²) in [6.07, 6.45) is 4.15. The average molecular weight is 253 g/mol. The lowest BCUT2D eigenvalue weighted by molar-refractivity contribution is 0.0709. The topological polar surface area (TPSA) is 67.9 Å². The molecule has 0 aliphatic heterocycles. The van der Waals surface area contributed by atoms with E-state index in [-0.39, 0.29) is 18.5 Å². The summed E-state index contributed by atoms with van der Waals surface area (Å²) in [6.45, 7) is 0.111. The van der Waals surface area contributed by atoms with Crippen molar-refractivity contribution in [2.75, 3.05) is 6.54 Å². The van der Waals surface area contributed by atoms with E-state index in [1.54, 1.807) is 29.2 Å². The second-order valence-electron chi connectivity index (χ2n) is 4.72. The molecule has 1 saturated carbocycles. The maximum Gasteiger partial charge on any atom is 0.255 e. The van der Waals surface area contributed by atoms with E-state index in [1.807, 2.05) is 6.07 Å². The fraction of sp³-hybridized carbons (Fsp3) is 0.400. The Morgan fingerprint density at radius 2 is 2.05 bits per heavy atom. The molecule has 1 aliphatic rings. The number of benzene rings is 1. The van der Waals surface area contributed by atoms with Crippen LogP contribution in [0.4, 0.5) is 0 Å². The molecule has 0 spiro atoms. The molecule has 0 radical (unpaired) electrons. The van der Waals surface area contributed by atoms with Crippen LogP contribution in [0.1, 0.15) is 41.6 Å². The molecule has 1 aromatic carbocycles. The van der Waals surface area contributed by atoms with E-state index in [1.165, 1.54) is 0 Å². The number of amides is 1. The van der Waals surface area contributed by atoms with Crippen LogP contribution in [-0.2, 0) is 0 Å². The normalized spacial score (nSPS) is 14.6. The molecule has 96 valence electrons. The molecule has 2 rings (SSSR count). The van der Waals surface area contributed by atoms with Crippen molar-refractivity contribution in [2.45, 2.75) is 31.7 Å². The number of rotatable bonds is 3. The predicted molar refractivity (Wildman–Crippen MR) is 70.1 cm³/mol. The van der Waals surface area contributed by atoms with Gasteiger partial charge in [0.25, 0.3) is 5.91 Å². The van der Waals surface area contributed by atoms with Crippen LogP contribution in [0.25, 0.3) is 0 Å². The molecule has 1 fully saturated rings. The molecule has 0 bridgehead atoms. The van der Waals surface area contributed by atoms with Gasteiger partial charge in [0.2, 0.25) is 0 Å². The smallest absolute Gasteiger partial charge is 0.255 e. The minimum atomic E-state index is -0.148. The first-order chi connectivity index (χ1) is 9.26. The van der Waals surface area contributed by atoms with Crippen molar-refractivity contribution in [3.8, 4) is 12.1 Å². The second kappa shape index (κ2) is 6.02. The Morgan fingerprint density at radius 1 is 1.32 bits per heavy atom. The first-order valence-corrected chi connectivity index (χ1v) is 6.44. The molecule has 0 heterocycles. The van der Waals surface area contributed by atoms with E-state index in [0.29, 0.717) is 11.1 Å². The fourth-order valence-corrected chi connectivity index (χ4v) is 2.55. The number of carbonyl (C=O) groups is 1. The van der Waals surface area contributed by atoms with Crippen LogP contribution in [0, 0.1) is 22.7 Å². The maximum absolute atomic E-state index is 12.5. The molecule has 19 heavy (non-hydrogen) atoms. The largest absolute Gasteiger partial charge is 0.322 e. The summed E-state index contributed by atoms with van der Waals surface area (Å²) in [5.41, 5.74) is 0.954. The first kappa shape index (κ1) is 13.1. The molecule has 1 aromatic rings. The third kappa shape index (κ3) is 2.92. The van der Waals surface area contributed by atoms with Gasteiger partial charge in [-0.3, -0.25) is 4.79 Å². The van der Waals surface area contributed by atoms with Gasteiger partial charge in [0.05, 0.1) is 17.7 Å². The minimum Gasteiger partial charge on any atom is -0.322 e. The third-order valence-corrected chi connectivity index (χ3v) is 3.51. The Bertz CT molecular complexity index is 547. The van der Waals surface area contributed by atoms with Crippen LogP contribution in [0.3, 0.4) is 0 Å². The summed E-state index contributed by atoms with van der Waals surface area (Å²) >= 11 is 0. The van der Waals surface area contributed by atoms with Crippen molar-refractivity contribution in [3.63, 3.8) is 0 Å².